The molecule has 5 aliphatic heterocycles. The highest BCUT2D eigenvalue weighted by Gasteiger charge is 2.21. The van der Waals surface area contributed by atoms with Crippen LogP contribution in [0.25, 0.3) is 11.1 Å². The van der Waals surface area contributed by atoms with E-state index in [1.165, 1.54) is 11.1 Å². The van der Waals surface area contributed by atoms with E-state index >= 15 is 0 Å². The molecule has 0 spiro atoms. The van der Waals surface area contributed by atoms with Gasteiger partial charge in [-0.2, -0.15) is 0 Å². The molecule has 0 saturated heterocycles. The Bertz CT molecular complexity index is 1470. The van der Waals surface area contributed by atoms with E-state index in [0.29, 0.717) is 22.8 Å². The SMILES string of the molecule is O=C(O)C1=CC2=NC1=CC1=NC(=CC3=NC(=CC4=NC(=C2)C=C4)C=C3)C=C1.c1cc2ccc1-2. The second-order valence-electron chi connectivity index (χ2n) is 7.82. The maximum absolute atomic E-state index is 11.6. The van der Waals surface area contributed by atoms with Crippen LogP contribution in [-0.4, -0.2) is 33.9 Å². The van der Waals surface area contributed by atoms with Crippen molar-refractivity contribution < 1.29 is 9.90 Å². The third-order valence-electron chi connectivity index (χ3n) is 5.49. The largest absolute Gasteiger partial charge is 0.478 e. The molecule has 7 aliphatic rings. The molecule has 0 radical (unpaired) electrons. The fraction of sp³-hybridized carbons (Fsp3) is 0. The summed E-state index contributed by atoms with van der Waals surface area (Å²) in [7, 11) is 0. The number of benzene rings is 1. The predicted molar refractivity (Wildman–Crippen MR) is 131 cm³/mol. The zero-order valence-electron chi connectivity index (χ0n) is 17.3. The van der Waals surface area contributed by atoms with Crippen molar-refractivity contribution in [3.05, 3.63) is 119 Å². The Morgan fingerprint density at radius 2 is 1.00 bits per heavy atom. The van der Waals surface area contributed by atoms with Crippen LogP contribution in [0.15, 0.2) is 139 Å². The highest BCUT2D eigenvalue weighted by Crippen LogP contribution is 2.29. The lowest BCUT2D eigenvalue weighted by atomic mass is 9.95. The van der Waals surface area contributed by atoms with Gasteiger partial charge in [0.1, 0.15) is 0 Å². The van der Waals surface area contributed by atoms with Gasteiger partial charge in [-0.1, -0.05) is 24.3 Å². The molecule has 0 atom stereocenters. The first-order valence-corrected chi connectivity index (χ1v) is 10.4. The molecule has 5 heterocycles. The summed E-state index contributed by atoms with van der Waals surface area (Å²) in [4.78, 5) is 29.6. The molecule has 8 bridgehead atoms. The third-order valence-corrected chi connectivity index (χ3v) is 5.49. The molecule has 6 heteroatoms. The van der Waals surface area contributed by atoms with E-state index in [1.54, 1.807) is 18.2 Å². The van der Waals surface area contributed by atoms with Gasteiger partial charge < -0.3 is 5.11 Å². The summed E-state index contributed by atoms with van der Waals surface area (Å²) in [6.07, 6.45) is 20.0. The number of carboxylic acid groups (broad SMARTS) is 1. The highest BCUT2D eigenvalue weighted by atomic mass is 16.4. The molecule has 0 aromatic rings. The lowest BCUT2D eigenvalue weighted by molar-refractivity contribution is -0.132. The third kappa shape index (κ3) is 3.74. The first-order chi connectivity index (χ1) is 16.1. The number of hydrogen-bond donors (Lipinski definition) is 1. The number of aliphatic imine (C=N–C) groups is 4. The smallest absolute Gasteiger partial charge is 0.337 e. The number of hydrogen-bond acceptors (Lipinski definition) is 5. The molecule has 0 saturated carbocycles. The van der Waals surface area contributed by atoms with Gasteiger partial charge in [-0.25, -0.2) is 24.8 Å². The van der Waals surface area contributed by atoms with Gasteiger partial charge in [0.05, 0.1) is 51.2 Å². The Labute approximate surface area is 189 Å². The summed E-state index contributed by atoms with van der Waals surface area (Å²) in [6, 6.07) is 8.48. The molecule has 0 fully saturated rings. The molecule has 0 unspecified atom stereocenters. The molecule has 0 aromatic heterocycles. The second-order valence-corrected chi connectivity index (χ2v) is 7.82. The van der Waals surface area contributed by atoms with E-state index in [-0.39, 0.29) is 5.57 Å². The van der Waals surface area contributed by atoms with Crippen molar-refractivity contribution in [1.82, 2.24) is 0 Å². The van der Waals surface area contributed by atoms with Crippen LogP contribution in [0.5, 0.6) is 0 Å². The lowest BCUT2D eigenvalue weighted by Gasteiger charge is -2.10. The number of rotatable bonds is 1. The van der Waals surface area contributed by atoms with E-state index < -0.39 is 5.97 Å². The molecule has 0 aromatic carbocycles. The number of allylic oxidation sites excluding steroid dienone is 11. The Morgan fingerprint density at radius 3 is 1.42 bits per heavy atom. The Morgan fingerprint density at radius 1 is 0.545 bits per heavy atom. The first-order valence-electron chi connectivity index (χ1n) is 10.4. The van der Waals surface area contributed by atoms with Crippen LogP contribution in [0.1, 0.15) is 0 Å². The van der Waals surface area contributed by atoms with Crippen LogP contribution in [-0.2, 0) is 4.79 Å². The highest BCUT2D eigenvalue weighted by molar-refractivity contribution is 6.18. The monoisotopic (exact) mass is 428 g/mol. The zero-order valence-corrected chi connectivity index (χ0v) is 17.3. The summed E-state index contributed by atoms with van der Waals surface area (Å²) in [5, 5.41) is 9.49. The average Bonchev–Trinajstić information content (AvgIpc) is 3.56. The van der Waals surface area contributed by atoms with E-state index in [2.05, 4.69) is 44.2 Å². The minimum Gasteiger partial charge on any atom is -0.478 e. The van der Waals surface area contributed by atoms with E-state index in [9.17, 15) is 9.90 Å². The number of fused-ring (bicyclic) bond motifs is 5. The molecule has 0 amide bonds. The fourth-order valence-electron chi connectivity index (χ4n) is 3.73. The Hall–Kier alpha value is -4.71. The van der Waals surface area contributed by atoms with E-state index in [1.807, 2.05) is 48.6 Å². The van der Waals surface area contributed by atoms with Gasteiger partial charge >= 0.3 is 5.97 Å². The quantitative estimate of drug-likeness (QED) is 0.714. The van der Waals surface area contributed by atoms with Crippen molar-refractivity contribution in [2.75, 3.05) is 0 Å². The van der Waals surface area contributed by atoms with Crippen molar-refractivity contribution in [2.24, 2.45) is 20.0 Å². The van der Waals surface area contributed by atoms with Crippen LogP contribution in [0.2, 0.25) is 0 Å². The number of nitrogens with zero attached hydrogens (tertiary/aromatic N) is 4. The van der Waals surface area contributed by atoms with E-state index in [0.717, 1.165) is 22.8 Å². The van der Waals surface area contributed by atoms with Gasteiger partial charge in [0.25, 0.3) is 0 Å². The van der Waals surface area contributed by atoms with Gasteiger partial charge in [0.15, 0.2) is 0 Å². The molecule has 33 heavy (non-hydrogen) atoms. The topological polar surface area (TPSA) is 86.7 Å². The van der Waals surface area contributed by atoms with Crippen molar-refractivity contribution >= 4 is 28.8 Å². The maximum Gasteiger partial charge on any atom is 0.337 e. The fourth-order valence-corrected chi connectivity index (χ4v) is 3.73. The molecular formula is C27H16N4O2. The van der Waals surface area contributed by atoms with Crippen LogP contribution in [0.3, 0.4) is 0 Å². The van der Waals surface area contributed by atoms with Crippen LogP contribution in [0, 0.1) is 0 Å². The Balaban J connectivity index is 0.000000295. The van der Waals surface area contributed by atoms with Gasteiger partial charge in [-0.15, -0.1) is 0 Å². The summed E-state index contributed by atoms with van der Waals surface area (Å²) >= 11 is 0. The molecule has 156 valence electrons. The minimum atomic E-state index is -1.03. The van der Waals surface area contributed by atoms with Crippen molar-refractivity contribution in [3.8, 4) is 11.1 Å². The predicted octanol–water partition coefficient (Wildman–Crippen LogP) is 4.70. The molecule has 1 N–H and O–H groups in total. The number of aliphatic carboxylic acids is 1. The van der Waals surface area contributed by atoms with Crippen molar-refractivity contribution in [3.63, 3.8) is 0 Å². The van der Waals surface area contributed by atoms with Crippen molar-refractivity contribution in [1.29, 1.82) is 0 Å². The van der Waals surface area contributed by atoms with Gasteiger partial charge in [-0.05, 0) is 78.0 Å². The van der Waals surface area contributed by atoms with Crippen LogP contribution in [0.4, 0.5) is 0 Å². The van der Waals surface area contributed by atoms with Crippen LogP contribution >= 0.6 is 0 Å². The minimum absolute atomic E-state index is 0.138. The normalized spacial score (nSPS) is 19.8. The molecule has 2 aliphatic carbocycles. The van der Waals surface area contributed by atoms with Crippen molar-refractivity contribution in [2.45, 2.75) is 0 Å². The average molecular weight is 428 g/mol. The summed E-state index contributed by atoms with van der Waals surface area (Å²) in [5.41, 5.74) is 8.42. The second kappa shape index (κ2) is 7.46. The molecule has 7 rings (SSSR count). The zero-order chi connectivity index (χ0) is 22.4. The van der Waals surface area contributed by atoms with E-state index in [4.69, 9.17) is 0 Å². The molecular weight excluding hydrogens is 412 g/mol. The lowest BCUT2D eigenvalue weighted by Crippen LogP contribution is -2.01. The first kappa shape index (κ1) is 19.0. The van der Waals surface area contributed by atoms with Gasteiger partial charge in [0, 0.05) is 0 Å². The molecule has 6 nitrogen and oxygen atoms in total. The van der Waals surface area contributed by atoms with Gasteiger partial charge in [-0.3, -0.25) is 0 Å². The maximum atomic E-state index is 11.6. The van der Waals surface area contributed by atoms with Gasteiger partial charge in [0.2, 0.25) is 0 Å². The summed E-state index contributed by atoms with van der Waals surface area (Å²) < 4.78 is 0. The van der Waals surface area contributed by atoms with Crippen LogP contribution < -0.4 is 0 Å². The summed E-state index contributed by atoms with van der Waals surface area (Å²) in [6.45, 7) is 0. The number of carbonyl (C=O) groups is 1. The Kier molecular flexibility index (Phi) is 4.30. The summed E-state index contributed by atoms with van der Waals surface area (Å²) in [5.74, 6) is -1.03. The number of carboxylic acids is 1. The standard InChI is InChI=1S/C21H12N4O2.C6H4/c26-21(27)19-10-18-9-16-4-3-14(23-16)7-12-1-2-13(22-12)8-15-5-6-17(24-15)11-20(19)25-18;1-2-6-4-3-5(1)6/h1-11H,(H,26,27);1-4H.